The molecule has 90 valence electrons. The van der Waals surface area contributed by atoms with E-state index in [0.717, 1.165) is 6.42 Å². The van der Waals surface area contributed by atoms with Gasteiger partial charge in [0.05, 0.1) is 12.3 Å². The van der Waals surface area contributed by atoms with Crippen LogP contribution in [0.15, 0.2) is 12.2 Å². The topological polar surface area (TPSA) is 43.4 Å². The molecule has 0 saturated carbocycles. The maximum atomic E-state index is 11.2. The lowest BCUT2D eigenvalue weighted by Crippen LogP contribution is -2.06. The summed E-state index contributed by atoms with van der Waals surface area (Å²) in [5, 5.41) is 0. The number of hydrogen-bond acceptors (Lipinski definition) is 3. The lowest BCUT2D eigenvalue weighted by Gasteiger charge is -2.08. The van der Waals surface area contributed by atoms with Gasteiger partial charge in [-0.3, -0.25) is 9.59 Å². The smallest absolute Gasteiger partial charge is 0.317 e. The van der Waals surface area contributed by atoms with E-state index in [1.165, 1.54) is 0 Å². The van der Waals surface area contributed by atoms with Gasteiger partial charge < -0.3 is 4.74 Å². The van der Waals surface area contributed by atoms with Crippen LogP contribution in [-0.2, 0) is 14.3 Å². The third kappa shape index (κ3) is 4.17. The second-order valence-electron chi connectivity index (χ2n) is 4.96. The summed E-state index contributed by atoms with van der Waals surface area (Å²) in [6, 6.07) is 0. The van der Waals surface area contributed by atoms with Crippen LogP contribution in [0.3, 0.4) is 0 Å². The van der Waals surface area contributed by atoms with E-state index in [2.05, 4.69) is 31.6 Å². The molecule has 2 atom stereocenters. The quantitative estimate of drug-likeness (QED) is 0.409. The van der Waals surface area contributed by atoms with E-state index in [1.54, 1.807) is 0 Å². The molecule has 0 aliphatic carbocycles. The maximum absolute atomic E-state index is 11.2. The minimum atomic E-state index is -0.390. The van der Waals surface area contributed by atoms with Crippen LogP contribution in [0.1, 0.15) is 40.0 Å². The maximum Gasteiger partial charge on any atom is 0.317 e. The number of carbonyl (C=O) groups is 2. The fourth-order valence-electron chi connectivity index (χ4n) is 2.00. The number of esters is 2. The third-order valence-electron chi connectivity index (χ3n) is 2.69. The zero-order valence-electron chi connectivity index (χ0n) is 10.2. The Balaban J connectivity index is 2.31. The average molecular weight is 224 g/mol. The second kappa shape index (κ2) is 5.83. The normalized spacial score (nSPS) is 23.1. The summed E-state index contributed by atoms with van der Waals surface area (Å²) >= 11 is 0. The minimum absolute atomic E-state index is 0.238. The minimum Gasteiger partial charge on any atom is -0.393 e. The first-order valence-electron chi connectivity index (χ1n) is 5.90. The first kappa shape index (κ1) is 12.9. The number of rotatable bonds is 5. The SMILES string of the molecule is CC(C)CC(C)/C=C/CC1CC(=O)OC1=O. The molecule has 1 aliphatic heterocycles. The highest BCUT2D eigenvalue weighted by Crippen LogP contribution is 2.20. The number of ether oxygens (including phenoxy) is 1. The van der Waals surface area contributed by atoms with Crippen LogP contribution in [0.5, 0.6) is 0 Å². The van der Waals surface area contributed by atoms with Crippen molar-refractivity contribution in [3.05, 3.63) is 12.2 Å². The summed E-state index contributed by atoms with van der Waals surface area (Å²) in [4.78, 5) is 22.0. The zero-order chi connectivity index (χ0) is 12.1. The predicted molar refractivity (Wildman–Crippen MR) is 61.6 cm³/mol. The van der Waals surface area contributed by atoms with E-state index in [0.29, 0.717) is 18.3 Å². The van der Waals surface area contributed by atoms with Crippen LogP contribution in [-0.4, -0.2) is 11.9 Å². The Bertz CT molecular complexity index is 292. The number of hydrogen-bond donors (Lipinski definition) is 0. The third-order valence-corrected chi connectivity index (χ3v) is 2.69. The number of allylic oxidation sites excluding steroid dienone is 2. The molecule has 0 spiro atoms. The monoisotopic (exact) mass is 224 g/mol. The molecular weight excluding hydrogens is 204 g/mol. The lowest BCUT2D eigenvalue weighted by molar-refractivity contribution is -0.153. The Hall–Kier alpha value is -1.12. The molecule has 0 amide bonds. The summed E-state index contributed by atoms with van der Waals surface area (Å²) in [6.45, 7) is 6.54. The van der Waals surface area contributed by atoms with Crippen molar-refractivity contribution in [3.8, 4) is 0 Å². The van der Waals surface area contributed by atoms with Crippen molar-refractivity contribution in [3.63, 3.8) is 0 Å². The molecule has 1 aliphatic rings. The van der Waals surface area contributed by atoms with Gasteiger partial charge >= 0.3 is 11.9 Å². The second-order valence-corrected chi connectivity index (χ2v) is 4.96. The fourth-order valence-corrected chi connectivity index (χ4v) is 2.00. The summed E-state index contributed by atoms with van der Waals surface area (Å²) in [6.07, 6.45) is 6.12. The lowest BCUT2D eigenvalue weighted by atomic mass is 9.97. The van der Waals surface area contributed by atoms with E-state index >= 15 is 0 Å². The number of carbonyl (C=O) groups excluding carboxylic acids is 2. The highest BCUT2D eigenvalue weighted by atomic mass is 16.6. The van der Waals surface area contributed by atoms with Crippen LogP contribution < -0.4 is 0 Å². The molecule has 0 aromatic rings. The Morgan fingerprint density at radius 2 is 2.06 bits per heavy atom. The molecule has 1 rings (SSSR count). The van der Waals surface area contributed by atoms with Gasteiger partial charge in [-0.05, 0) is 24.7 Å². The van der Waals surface area contributed by atoms with Crippen LogP contribution in [0.2, 0.25) is 0 Å². The Morgan fingerprint density at radius 1 is 1.38 bits per heavy atom. The van der Waals surface area contributed by atoms with E-state index in [1.807, 2.05) is 6.08 Å². The molecular formula is C13H20O3. The molecule has 0 N–H and O–H groups in total. The van der Waals surface area contributed by atoms with E-state index in [9.17, 15) is 9.59 Å². The Morgan fingerprint density at radius 3 is 2.56 bits per heavy atom. The van der Waals surface area contributed by atoms with E-state index in [4.69, 9.17) is 0 Å². The Kier molecular flexibility index (Phi) is 4.71. The van der Waals surface area contributed by atoms with E-state index in [-0.39, 0.29) is 18.3 Å². The van der Waals surface area contributed by atoms with E-state index < -0.39 is 5.97 Å². The molecule has 1 heterocycles. The van der Waals surface area contributed by atoms with Crippen molar-refractivity contribution >= 4 is 11.9 Å². The van der Waals surface area contributed by atoms with Crippen molar-refractivity contribution < 1.29 is 14.3 Å². The molecule has 0 aromatic heterocycles. The zero-order valence-corrected chi connectivity index (χ0v) is 10.2. The summed E-state index contributed by atoms with van der Waals surface area (Å²) in [5.41, 5.74) is 0. The molecule has 0 bridgehead atoms. The predicted octanol–water partition coefficient (Wildman–Crippen LogP) is 2.70. The average Bonchev–Trinajstić information content (AvgIpc) is 2.44. The summed E-state index contributed by atoms with van der Waals surface area (Å²) < 4.78 is 4.48. The van der Waals surface area contributed by atoms with Gasteiger partial charge in [0.25, 0.3) is 0 Å². The molecule has 1 saturated heterocycles. The molecule has 16 heavy (non-hydrogen) atoms. The van der Waals surface area contributed by atoms with Crippen LogP contribution in [0.4, 0.5) is 0 Å². The van der Waals surface area contributed by atoms with Crippen molar-refractivity contribution in [2.45, 2.75) is 40.0 Å². The molecule has 0 aromatic carbocycles. The van der Waals surface area contributed by atoms with Gasteiger partial charge in [-0.15, -0.1) is 0 Å². The highest BCUT2D eigenvalue weighted by Gasteiger charge is 2.32. The number of cyclic esters (lactones) is 2. The van der Waals surface area contributed by atoms with Gasteiger partial charge in [0.2, 0.25) is 0 Å². The fraction of sp³-hybridized carbons (Fsp3) is 0.692. The molecule has 3 nitrogen and oxygen atoms in total. The standard InChI is InChI=1S/C13H20O3/c1-9(2)7-10(3)5-4-6-11-8-12(14)16-13(11)15/h4-5,9-11H,6-8H2,1-3H3/b5-4+. The Labute approximate surface area is 96.9 Å². The van der Waals surface area contributed by atoms with Gasteiger partial charge in [0.1, 0.15) is 0 Å². The summed E-state index contributed by atoms with van der Waals surface area (Å²) in [7, 11) is 0. The first-order valence-corrected chi connectivity index (χ1v) is 5.90. The van der Waals surface area contributed by atoms with Crippen molar-refractivity contribution in [2.24, 2.45) is 17.8 Å². The molecule has 2 unspecified atom stereocenters. The molecule has 0 radical (unpaired) electrons. The van der Waals surface area contributed by atoms with Gasteiger partial charge in [-0.1, -0.05) is 32.9 Å². The van der Waals surface area contributed by atoms with Crippen LogP contribution in [0.25, 0.3) is 0 Å². The summed E-state index contributed by atoms with van der Waals surface area (Å²) in [5.74, 6) is 0.186. The van der Waals surface area contributed by atoms with Gasteiger partial charge in [0, 0.05) is 0 Å². The van der Waals surface area contributed by atoms with Crippen molar-refractivity contribution in [1.82, 2.24) is 0 Å². The molecule has 3 heteroatoms. The largest absolute Gasteiger partial charge is 0.393 e. The first-order chi connectivity index (χ1) is 7.49. The van der Waals surface area contributed by atoms with Crippen LogP contribution >= 0.6 is 0 Å². The van der Waals surface area contributed by atoms with Gasteiger partial charge in [-0.2, -0.15) is 0 Å². The molecule has 1 fully saturated rings. The van der Waals surface area contributed by atoms with Gasteiger partial charge in [-0.25, -0.2) is 0 Å². The van der Waals surface area contributed by atoms with Crippen molar-refractivity contribution in [1.29, 1.82) is 0 Å². The van der Waals surface area contributed by atoms with Gasteiger partial charge in [0.15, 0.2) is 0 Å². The van der Waals surface area contributed by atoms with Crippen molar-refractivity contribution in [2.75, 3.05) is 0 Å². The van der Waals surface area contributed by atoms with Crippen LogP contribution in [0, 0.1) is 17.8 Å². The highest BCUT2D eigenvalue weighted by molar-refractivity contribution is 5.94.